The summed E-state index contributed by atoms with van der Waals surface area (Å²) in [5.41, 5.74) is 5.92. The van der Waals surface area contributed by atoms with E-state index < -0.39 is 0 Å². The molecule has 132 valence electrons. The Balaban J connectivity index is 2.15. The monoisotopic (exact) mass is 340 g/mol. The van der Waals surface area contributed by atoms with E-state index >= 15 is 0 Å². The van der Waals surface area contributed by atoms with Crippen LogP contribution in [0.3, 0.4) is 0 Å². The number of fused-ring (bicyclic) bond motifs is 1. The maximum Gasteiger partial charge on any atom is 0.127 e. The first-order valence-corrected chi connectivity index (χ1v) is 8.04. The molecule has 0 bridgehead atoms. The summed E-state index contributed by atoms with van der Waals surface area (Å²) in [5, 5.41) is 7.22. The first-order chi connectivity index (χ1) is 12.0. The lowest BCUT2D eigenvalue weighted by molar-refractivity contribution is 0.348. The topological polar surface area (TPSA) is 53.6 Å². The van der Waals surface area contributed by atoms with E-state index in [2.05, 4.69) is 27.9 Å². The number of ether oxygens (including phenoxy) is 2. The van der Waals surface area contributed by atoms with Gasteiger partial charge in [0, 0.05) is 30.9 Å². The van der Waals surface area contributed by atoms with Crippen LogP contribution in [0.25, 0.3) is 11.3 Å². The summed E-state index contributed by atoms with van der Waals surface area (Å²) in [5.74, 6) is 1.61. The molecule has 6 heteroatoms. The van der Waals surface area contributed by atoms with Crippen LogP contribution in [0.1, 0.15) is 22.4 Å². The van der Waals surface area contributed by atoms with Gasteiger partial charge in [-0.15, -0.1) is 0 Å². The second-order valence-corrected chi connectivity index (χ2v) is 6.36. The van der Waals surface area contributed by atoms with Crippen molar-refractivity contribution in [3.05, 3.63) is 53.5 Å². The van der Waals surface area contributed by atoms with E-state index in [0.29, 0.717) is 0 Å². The number of aromatic amines is 1. The maximum absolute atomic E-state index is 5.65. The smallest absolute Gasteiger partial charge is 0.127 e. The van der Waals surface area contributed by atoms with Crippen molar-refractivity contribution < 1.29 is 9.47 Å². The molecule has 2 aromatic rings. The molecule has 0 radical (unpaired) electrons. The van der Waals surface area contributed by atoms with Crippen molar-refractivity contribution >= 4 is 11.3 Å². The van der Waals surface area contributed by atoms with Crippen LogP contribution < -0.4 is 9.47 Å². The molecule has 3 rings (SSSR count). The molecule has 0 saturated carbocycles. The third-order valence-electron chi connectivity index (χ3n) is 4.36. The molecule has 0 fully saturated rings. The molecule has 1 aromatic heterocycles. The molecule has 1 aliphatic rings. The van der Waals surface area contributed by atoms with Crippen molar-refractivity contribution in [2.24, 2.45) is 0 Å². The van der Waals surface area contributed by atoms with Gasteiger partial charge in [-0.1, -0.05) is 6.58 Å². The minimum Gasteiger partial charge on any atom is -0.496 e. The normalized spacial score (nSPS) is 13.8. The van der Waals surface area contributed by atoms with Crippen LogP contribution in [0.5, 0.6) is 11.5 Å². The Morgan fingerprint density at radius 3 is 2.40 bits per heavy atom. The number of methoxy groups -OCH3 is 2. The van der Waals surface area contributed by atoms with Crippen molar-refractivity contribution in [3.8, 4) is 11.5 Å². The quantitative estimate of drug-likeness (QED) is 0.907. The predicted molar refractivity (Wildman–Crippen MR) is 99.4 cm³/mol. The largest absolute Gasteiger partial charge is 0.496 e. The lowest BCUT2D eigenvalue weighted by atomic mass is 9.94. The van der Waals surface area contributed by atoms with Crippen molar-refractivity contribution in [1.29, 1.82) is 0 Å². The number of aromatic nitrogens is 2. The second kappa shape index (κ2) is 6.64. The van der Waals surface area contributed by atoms with Gasteiger partial charge < -0.3 is 19.3 Å². The van der Waals surface area contributed by atoms with Gasteiger partial charge in [-0.25, -0.2) is 0 Å². The van der Waals surface area contributed by atoms with Gasteiger partial charge in [-0.3, -0.25) is 5.10 Å². The van der Waals surface area contributed by atoms with Crippen molar-refractivity contribution in [1.82, 2.24) is 20.0 Å². The van der Waals surface area contributed by atoms with Gasteiger partial charge in [0.15, 0.2) is 0 Å². The summed E-state index contributed by atoms with van der Waals surface area (Å²) < 4.78 is 11.3. The van der Waals surface area contributed by atoms with E-state index in [4.69, 9.17) is 9.47 Å². The number of rotatable bonds is 5. The molecule has 1 aliphatic heterocycles. The number of nitrogens with zero attached hydrogens (tertiary/aromatic N) is 3. The Hall–Kier alpha value is -2.73. The van der Waals surface area contributed by atoms with E-state index in [1.54, 1.807) is 14.2 Å². The fourth-order valence-corrected chi connectivity index (χ4v) is 3.07. The molecule has 25 heavy (non-hydrogen) atoms. The highest BCUT2D eigenvalue weighted by atomic mass is 16.5. The molecule has 1 N–H and O–H groups in total. The zero-order valence-corrected chi connectivity index (χ0v) is 15.4. The number of benzene rings is 1. The van der Waals surface area contributed by atoms with Crippen LogP contribution >= 0.6 is 0 Å². The maximum atomic E-state index is 5.65. The molecular formula is C19H24N4O2. The highest BCUT2D eigenvalue weighted by Crippen LogP contribution is 2.39. The average molecular weight is 340 g/mol. The summed E-state index contributed by atoms with van der Waals surface area (Å²) in [6.45, 7) is 4.84. The molecule has 2 heterocycles. The van der Waals surface area contributed by atoms with E-state index in [9.17, 15) is 0 Å². The SMILES string of the molecule is C=C1c2[nH]ncc2C(c2cc(OC)c(CN(C)C)c(OC)c2)=CN1C. The number of nitrogens with one attached hydrogen (secondary N) is 1. The van der Waals surface area contributed by atoms with E-state index in [1.165, 1.54) is 0 Å². The fourth-order valence-electron chi connectivity index (χ4n) is 3.07. The van der Waals surface area contributed by atoms with Crippen LogP contribution in [-0.4, -0.2) is 55.4 Å². The molecule has 0 saturated heterocycles. The highest BCUT2D eigenvalue weighted by Gasteiger charge is 2.24. The molecule has 0 amide bonds. The summed E-state index contributed by atoms with van der Waals surface area (Å²) >= 11 is 0. The summed E-state index contributed by atoms with van der Waals surface area (Å²) in [6.07, 6.45) is 3.88. The zero-order chi connectivity index (χ0) is 18.1. The average Bonchev–Trinajstić information content (AvgIpc) is 3.07. The van der Waals surface area contributed by atoms with E-state index in [0.717, 1.165) is 51.7 Å². The summed E-state index contributed by atoms with van der Waals surface area (Å²) in [6, 6.07) is 4.10. The van der Waals surface area contributed by atoms with Crippen LogP contribution in [0.15, 0.2) is 31.1 Å². The zero-order valence-electron chi connectivity index (χ0n) is 15.4. The van der Waals surface area contributed by atoms with E-state index in [-0.39, 0.29) is 0 Å². The van der Waals surface area contributed by atoms with Gasteiger partial charge in [-0.2, -0.15) is 5.10 Å². The lowest BCUT2D eigenvalue weighted by Gasteiger charge is -2.26. The van der Waals surface area contributed by atoms with Gasteiger partial charge in [0.1, 0.15) is 11.5 Å². The van der Waals surface area contributed by atoms with Crippen molar-refractivity contribution in [2.75, 3.05) is 35.4 Å². The van der Waals surface area contributed by atoms with Crippen LogP contribution in [0.4, 0.5) is 0 Å². The molecule has 1 aromatic carbocycles. The first kappa shape index (κ1) is 17.1. The van der Waals surface area contributed by atoms with Crippen LogP contribution in [0, 0.1) is 0 Å². The molecule has 0 spiro atoms. The number of H-pyrrole nitrogens is 1. The Kier molecular flexibility index (Phi) is 4.55. The highest BCUT2D eigenvalue weighted by molar-refractivity contribution is 5.89. The second-order valence-electron chi connectivity index (χ2n) is 6.36. The first-order valence-electron chi connectivity index (χ1n) is 8.04. The molecular weight excluding hydrogens is 316 g/mol. The summed E-state index contributed by atoms with van der Waals surface area (Å²) in [7, 11) is 9.39. The third kappa shape index (κ3) is 3.00. The predicted octanol–water partition coefficient (Wildman–Crippen LogP) is 2.79. The van der Waals surface area contributed by atoms with E-state index in [1.807, 2.05) is 44.4 Å². The molecule has 0 atom stereocenters. The Morgan fingerprint density at radius 1 is 1.20 bits per heavy atom. The lowest BCUT2D eigenvalue weighted by Crippen LogP contribution is -2.16. The minimum atomic E-state index is 0.735. The molecule has 6 nitrogen and oxygen atoms in total. The van der Waals surface area contributed by atoms with Crippen molar-refractivity contribution in [3.63, 3.8) is 0 Å². The number of hydrogen-bond donors (Lipinski definition) is 1. The van der Waals surface area contributed by atoms with Gasteiger partial charge in [0.2, 0.25) is 0 Å². The van der Waals surface area contributed by atoms with Gasteiger partial charge in [0.25, 0.3) is 0 Å². The molecule has 0 unspecified atom stereocenters. The van der Waals surface area contributed by atoms with Crippen LogP contribution in [0.2, 0.25) is 0 Å². The van der Waals surface area contributed by atoms with Gasteiger partial charge >= 0.3 is 0 Å². The number of hydrogen-bond acceptors (Lipinski definition) is 5. The Bertz CT molecular complexity index is 811. The Morgan fingerprint density at radius 2 is 1.84 bits per heavy atom. The van der Waals surface area contributed by atoms with Gasteiger partial charge in [-0.05, 0) is 31.8 Å². The third-order valence-corrected chi connectivity index (χ3v) is 4.36. The fraction of sp³-hybridized carbons (Fsp3) is 0.316. The standard InChI is InChI=1S/C19H24N4O2/c1-12-19-14(9-20-21-19)15(11-23(12)4)13-7-17(24-5)16(10-22(2)3)18(8-13)25-6/h7-9,11H,1,10H2,2-6H3,(H,20,21). The van der Waals surface area contributed by atoms with Crippen LogP contribution in [-0.2, 0) is 6.54 Å². The minimum absolute atomic E-state index is 0.735. The van der Waals surface area contributed by atoms with Gasteiger partial charge in [0.05, 0.1) is 37.4 Å². The Labute approximate surface area is 148 Å². The molecule has 0 aliphatic carbocycles. The van der Waals surface area contributed by atoms with Crippen molar-refractivity contribution in [2.45, 2.75) is 6.54 Å². The summed E-state index contributed by atoms with van der Waals surface area (Å²) in [4.78, 5) is 4.08.